The number of sulfone groups is 1. The normalized spacial score (nSPS) is 25.8. The van der Waals surface area contributed by atoms with E-state index in [-0.39, 0.29) is 28.3 Å². The number of aliphatic hydroxyl groups is 3. The third-order valence-electron chi connectivity index (χ3n) is 7.74. The monoisotopic (exact) mass is 605 g/mol. The van der Waals surface area contributed by atoms with Crippen LogP contribution < -0.4 is 5.32 Å². The SMILES string of the molecule is CC(=O)OC[C@H](O)[C@@H](O)C1(O)C2CCC1CC(S(=O)(=O)c1cc(C(=O)Nc3cc(F)c(F)c(F)c3)ccc1Cl)C2. The molecule has 2 fully saturated rings. The molecular formula is C26H27ClF3NO8S. The zero-order chi connectivity index (χ0) is 29.6. The first-order chi connectivity index (χ1) is 18.7. The number of anilines is 1. The predicted octanol–water partition coefficient (Wildman–Crippen LogP) is 2.99. The third-order valence-corrected chi connectivity index (χ3v) is 10.4. The van der Waals surface area contributed by atoms with Gasteiger partial charge in [-0.05, 0) is 55.7 Å². The lowest BCUT2D eigenvalue weighted by Crippen LogP contribution is -2.60. The van der Waals surface area contributed by atoms with E-state index < -0.39 is 86.4 Å². The lowest BCUT2D eigenvalue weighted by molar-refractivity contribution is -0.187. The van der Waals surface area contributed by atoms with Gasteiger partial charge in [0.2, 0.25) is 0 Å². The van der Waals surface area contributed by atoms with Gasteiger partial charge in [-0.3, -0.25) is 9.59 Å². The van der Waals surface area contributed by atoms with E-state index in [1.165, 1.54) is 12.1 Å². The van der Waals surface area contributed by atoms with Gasteiger partial charge < -0.3 is 25.4 Å². The molecule has 0 saturated heterocycles. The van der Waals surface area contributed by atoms with Crippen molar-refractivity contribution in [2.24, 2.45) is 11.8 Å². The second kappa shape index (κ2) is 11.3. The van der Waals surface area contributed by atoms with Gasteiger partial charge in [0.05, 0.1) is 20.8 Å². The van der Waals surface area contributed by atoms with Gasteiger partial charge in [0, 0.05) is 30.3 Å². The number of rotatable bonds is 8. The fraction of sp³-hybridized carbons (Fsp3) is 0.462. The molecule has 218 valence electrons. The number of ether oxygens (including phenoxy) is 1. The number of esters is 1. The summed E-state index contributed by atoms with van der Waals surface area (Å²) in [7, 11) is -4.19. The van der Waals surface area contributed by atoms with Crippen LogP contribution in [0, 0.1) is 29.3 Å². The molecule has 0 radical (unpaired) electrons. The zero-order valence-corrected chi connectivity index (χ0v) is 22.7. The van der Waals surface area contributed by atoms with E-state index in [0.717, 1.165) is 13.0 Å². The van der Waals surface area contributed by atoms with Gasteiger partial charge in [0.25, 0.3) is 5.91 Å². The van der Waals surface area contributed by atoms with Crippen LogP contribution in [0.1, 0.15) is 43.0 Å². The van der Waals surface area contributed by atoms with Crippen LogP contribution in [0.3, 0.4) is 0 Å². The standard InChI is InChI=1S/C26H27ClF3NO8S/c1-12(32)39-11-21(33)24(34)26(36)14-3-4-15(26)8-17(7-14)40(37,38)22-6-13(2-5-18(22)27)25(35)31-16-9-19(28)23(30)20(29)10-16/h2,5-6,9-10,14-15,17,21,24,33-34,36H,3-4,7-8,11H2,1H3,(H,31,35)/t14?,15?,17?,21-,24+,26?/m0/s1. The van der Waals surface area contributed by atoms with Crippen LogP contribution in [0.15, 0.2) is 35.2 Å². The van der Waals surface area contributed by atoms with E-state index in [2.05, 4.69) is 5.32 Å². The Morgan fingerprint density at radius 1 is 1.10 bits per heavy atom. The maximum Gasteiger partial charge on any atom is 0.302 e. The molecular weight excluding hydrogens is 579 g/mol. The highest BCUT2D eigenvalue weighted by Gasteiger charge is 2.60. The minimum atomic E-state index is -4.19. The van der Waals surface area contributed by atoms with Crippen molar-refractivity contribution in [2.75, 3.05) is 11.9 Å². The largest absolute Gasteiger partial charge is 0.463 e. The van der Waals surface area contributed by atoms with Crippen LogP contribution in [-0.2, 0) is 19.4 Å². The number of nitrogens with one attached hydrogen (secondary N) is 1. The van der Waals surface area contributed by atoms with Crippen LogP contribution >= 0.6 is 11.6 Å². The fourth-order valence-electron chi connectivity index (χ4n) is 5.75. The zero-order valence-electron chi connectivity index (χ0n) is 21.1. The van der Waals surface area contributed by atoms with Crippen LogP contribution in [0.25, 0.3) is 0 Å². The van der Waals surface area contributed by atoms with Crippen LogP contribution in [0.2, 0.25) is 5.02 Å². The highest BCUT2D eigenvalue weighted by Crippen LogP contribution is 2.54. The van der Waals surface area contributed by atoms with E-state index in [9.17, 15) is 46.5 Å². The molecule has 2 aliphatic rings. The molecule has 1 amide bonds. The molecule has 4 rings (SSSR count). The van der Waals surface area contributed by atoms with Crippen molar-refractivity contribution in [2.45, 2.75) is 60.6 Å². The van der Waals surface area contributed by atoms with E-state index in [1.54, 1.807) is 0 Å². The van der Waals surface area contributed by atoms with Crippen molar-refractivity contribution in [1.82, 2.24) is 0 Å². The van der Waals surface area contributed by atoms with Crippen molar-refractivity contribution < 1.29 is 51.2 Å². The van der Waals surface area contributed by atoms with E-state index >= 15 is 0 Å². The molecule has 4 atom stereocenters. The molecule has 40 heavy (non-hydrogen) atoms. The van der Waals surface area contributed by atoms with Gasteiger partial charge in [-0.15, -0.1) is 0 Å². The predicted molar refractivity (Wildman–Crippen MR) is 136 cm³/mol. The summed E-state index contributed by atoms with van der Waals surface area (Å²) in [6.07, 6.45) is -2.67. The summed E-state index contributed by atoms with van der Waals surface area (Å²) in [5.41, 5.74) is -2.40. The summed E-state index contributed by atoms with van der Waals surface area (Å²) >= 11 is 6.20. The van der Waals surface area contributed by atoms with Crippen molar-refractivity contribution >= 4 is 39.0 Å². The van der Waals surface area contributed by atoms with Gasteiger partial charge in [0.15, 0.2) is 27.3 Å². The van der Waals surface area contributed by atoms with Crippen LogP contribution in [0.5, 0.6) is 0 Å². The number of amides is 1. The molecule has 2 unspecified atom stereocenters. The molecule has 9 nitrogen and oxygen atoms in total. The third kappa shape index (κ3) is 5.57. The molecule has 2 aromatic carbocycles. The van der Waals surface area contributed by atoms with Gasteiger partial charge in [-0.1, -0.05) is 11.6 Å². The Bertz CT molecular complexity index is 1400. The summed E-state index contributed by atoms with van der Waals surface area (Å²) < 4.78 is 72.4. The Labute approximate surface area is 232 Å². The van der Waals surface area contributed by atoms with Gasteiger partial charge >= 0.3 is 5.97 Å². The lowest BCUT2D eigenvalue weighted by Gasteiger charge is -2.46. The van der Waals surface area contributed by atoms with Crippen molar-refractivity contribution in [3.05, 3.63) is 58.4 Å². The van der Waals surface area contributed by atoms with Crippen molar-refractivity contribution in [3.8, 4) is 0 Å². The van der Waals surface area contributed by atoms with Crippen LogP contribution in [0.4, 0.5) is 18.9 Å². The summed E-state index contributed by atoms with van der Waals surface area (Å²) in [6.45, 7) is 0.585. The lowest BCUT2D eigenvalue weighted by atomic mass is 9.70. The van der Waals surface area contributed by atoms with Gasteiger partial charge in [-0.2, -0.15) is 0 Å². The quantitative estimate of drug-likeness (QED) is 0.265. The topological polar surface area (TPSA) is 150 Å². The van der Waals surface area contributed by atoms with Gasteiger partial charge in [-0.25, -0.2) is 21.6 Å². The average Bonchev–Trinajstić information content (AvgIpc) is 3.05. The number of halogens is 4. The van der Waals surface area contributed by atoms with E-state index in [0.29, 0.717) is 25.0 Å². The first kappa shape index (κ1) is 30.3. The minimum absolute atomic E-state index is 0.0758. The first-order valence-electron chi connectivity index (χ1n) is 12.4. The minimum Gasteiger partial charge on any atom is -0.463 e. The highest BCUT2D eigenvalue weighted by atomic mass is 35.5. The first-order valence-corrected chi connectivity index (χ1v) is 14.3. The molecule has 2 bridgehead atoms. The number of hydrogen-bond acceptors (Lipinski definition) is 8. The Balaban J connectivity index is 1.55. The summed E-state index contributed by atoms with van der Waals surface area (Å²) in [6, 6.07) is 4.54. The number of aliphatic hydroxyl groups excluding tert-OH is 2. The molecule has 0 spiro atoms. The number of fused-ring (bicyclic) bond motifs is 2. The molecule has 2 saturated carbocycles. The smallest absolute Gasteiger partial charge is 0.302 e. The number of carbonyl (C=O) groups excluding carboxylic acids is 2. The second-order valence-electron chi connectivity index (χ2n) is 10.2. The Hall–Kier alpha value is -2.71. The molecule has 14 heteroatoms. The van der Waals surface area contributed by atoms with Crippen molar-refractivity contribution in [1.29, 1.82) is 0 Å². The summed E-state index contributed by atoms with van der Waals surface area (Å²) in [5.74, 6) is -7.78. The maximum atomic E-state index is 13.7. The molecule has 0 heterocycles. The Morgan fingerprint density at radius 2 is 1.68 bits per heavy atom. The molecule has 2 aliphatic carbocycles. The van der Waals surface area contributed by atoms with E-state index in [1.807, 2.05) is 0 Å². The Kier molecular flexibility index (Phi) is 8.53. The molecule has 0 aromatic heterocycles. The summed E-state index contributed by atoms with van der Waals surface area (Å²) in [5, 5.41) is 33.4. The maximum absolute atomic E-state index is 13.7. The van der Waals surface area contributed by atoms with Crippen molar-refractivity contribution in [3.63, 3.8) is 0 Å². The van der Waals surface area contributed by atoms with Crippen LogP contribution in [-0.4, -0.2) is 65.3 Å². The second-order valence-corrected chi connectivity index (χ2v) is 12.8. The summed E-state index contributed by atoms with van der Waals surface area (Å²) in [4.78, 5) is 23.4. The average molecular weight is 606 g/mol. The van der Waals surface area contributed by atoms with E-state index in [4.69, 9.17) is 16.3 Å². The highest BCUT2D eigenvalue weighted by molar-refractivity contribution is 7.92. The molecule has 2 aromatic rings. The molecule has 4 N–H and O–H groups in total. The Morgan fingerprint density at radius 3 is 2.23 bits per heavy atom. The number of carbonyl (C=O) groups is 2. The number of hydrogen-bond donors (Lipinski definition) is 4. The fourth-order valence-corrected chi connectivity index (χ4v) is 8.16. The molecule has 0 aliphatic heterocycles. The number of benzene rings is 2. The van der Waals surface area contributed by atoms with Gasteiger partial charge in [0.1, 0.15) is 18.8 Å².